The van der Waals surface area contributed by atoms with E-state index in [-0.39, 0.29) is 0 Å². The van der Waals surface area contributed by atoms with E-state index in [9.17, 15) is 0 Å². The summed E-state index contributed by atoms with van der Waals surface area (Å²) in [6.45, 7) is 7.07. The maximum atomic E-state index is 5.34. The lowest BCUT2D eigenvalue weighted by atomic mass is 10.0. The molecule has 0 fully saturated rings. The number of hydrogen-bond donors (Lipinski definition) is 1. The number of hydrogen-bond acceptors (Lipinski definition) is 2. The van der Waals surface area contributed by atoms with Crippen LogP contribution in [0.1, 0.15) is 38.4 Å². The van der Waals surface area contributed by atoms with Gasteiger partial charge in [-0.15, -0.1) is 6.58 Å². The molecule has 16 heavy (non-hydrogen) atoms. The van der Waals surface area contributed by atoms with E-state index in [2.05, 4.69) is 18.8 Å². The molecule has 1 rings (SSSR count). The van der Waals surface area contributed by atoms with E-state index in [1.807, 2.05) is 18.2 Å². The second-order valence-corrected chi connectivity index (χ2v) is 4.14. The Morgan fingerprint density at radius 2 is 2.38 bits per heavy atom. The van der Waals surface area contributed by atoms with Gasteiger partial charge >= 0.3 is 0 Å². The highest BCUT2D eigenvalue weighted by molar-refractivity contribution is 4.98. The van der Waals surface area contributed by atoms with Crippen LogP contribution in [0.25, 0.3) is 0 Å². The van der Waals surface area contributed by atoms with Crippen molar-refractivity contribution in [3.63, 3.8) is 0 Å². The molecule has 2 nitrogen and oxygen atoms in total. The number of aryl methyl sites for hydroxylation is 1. The average molecular weight is 221 g/mol. The SMILES string of the molecule is C=CCCC(CCc1ccco1)NCCC. The fourth-order valence-electron chi connectivity index (χ4n) is 1.79. The molecule has 0 aliphatic rings. The first-order chi connectivity index (χ1) is 7.86. The molecule has 1 atom stereocenters. The Morgan fingerprint density at radius 1 is 1.50 bits per heavy atom. The van der Waals surface area contributed by atoms with E-state index in [4.69, 9.17) is 4.42 Å². The fourth-order valence-corrected chi connectivity index (χ4v) is 1.79. The van der Waals surface area contributed by atoms with E-state index in [0.29, 0.717) is 6.04 Å². The van der Waals surface area contributed by atoms with E-state index < -0.39 is 0 Å². The molecule has 0 saturated carbocycles. The number of allylic oxidation sites excluding steroid dienone is 1. The second-order valence-electron chi connectivity index (χ2n) is 4.14. The molecule has 1 N–H and O–H groups in total. The molecule has 1 aromatic heterocycles. The first-order valence-electron chi connectivity index (χ1n) is 6.23. The highest BCUT2D eigenvalue weighted by atomic mass is 16.3. The van der Waals surface area contributed by atoms with Crippen molar-refractivity contribution >= 4 is 0 Å². The van der Waals surface area contributed by atoms with Gasteiger partial charge in [0.15, 0.2) is 0 Å². The normalized spacial score (nSPS) is 12.6. The molecule has 0 aliphatic heterocycles. The van der Waals surface area contributed by atoms with E-state index in [1.165, 1.54) is 12.8 Å². The second kappa shape index (κ2) is 8.17. The quantitative estimate of drug-likeness (QED) is 0.645. The summed E-state index contributed by atoms with van der Waals surface area (Å²) in [6, 6.07) is 4.58. The predicted molar refractivity (Wildman–Crippen MR) is 68.5 cm³/mol. The monoisotopic (exact) mass is 221 g/mol. The lowest BCUT2D eigenvalue weighted by Gasteiger charge is -2.17. The zero-order valence-corrected chi connectivity index (χ0v) is 10.2. The fraction of sp³-hybridized carbons (Fsp3) is 0.571. The molecular weight excluding hydrogens is 198 g/mol. The van der Waals surface area contributed by atoms with Crippen molar-refractivity contribution in [2.45, 2.75) is 45.1 Å². The molecule has 0 amide bonds. The maximum Gasteiger partial charge on any atom is 0.103 e. The van der Waals surface area contributed by atoms with Crippen LogP contribution in [0.5, 0.6) is 0 Å². The van der Waals surface area contributed by atoms with Crippen molar-refractivity contribution in [3.05, 3.63) is 36.8 Å². The number of nitrogens with one attached hydrogen (secondary N) is 1. The summed E-state index contributed by atoms with van der Waals surface area (Å²) in [7, 11) is 0. The van der Waals surface area contributed by atoms with Crippen LogP contribution in [0.2, 0.25) is 0 Å². The molecule has 0 aliphatic carbocycles. The average Bonchev–Trinajstić information content (AvgIpc) is 2.81. The van der Waals surface area contributed by atoms with Crippen LogP contribution in [-0.4, -0.2) is 12.6 Å². The van der Waals surface area contributed by atoms with Gasteiger partial charge < -0.3 is 9.73 Å². The van der Waals surface area contributed by atoms with E-state index >= 15 is 0 Å². The maximum absolute atomic E-state index is 5.34. The molecule has 0 saturated heterocycles. The summed E-state index contributed by atoms with van der Waals surface area (Å²) >= 11 is 0. The lowest BCUT2D eigenvalue weighted by molar-refractivity contribution is 0.427. The van der Waals surface area contributed by atoms with Gasteiger partial charge in [-0.3, -0.25) is 0 Å². The Hall–Kier alpha value is -1.02. The van der Waals surface area contributed by atoms with E-state index in [1.54, 1.807) is 6.26 Å². The molecule has 0 radical (unpaired) electrons. The van der Waals surface area contributed by atoms with Crippen LogP contribution in [-0.2, 0) is 6.42 Å². The molecule has 0 aromatic carbocycles. The van der Waals surface area contributed by atoms with Gasteiger partial charge in [0.25, 0.3) is 0 Å². The minimum absolute atomic E-state index is 0.586. The molecule has 0 spiro atoms. The molecule has 1 aromatic rings. The molecule has 0 bridgehead atoms. The summed E-state index contributed by atoms with van der Waals surface area (Å²) in [5.41, 5.74) is 0. The molecule has 2 heteroatoms. The molecule has 90 valence electrons. The van der Waals surface area contributed by atoms with Crippen LogP contribution in [0, 0.1) is 0 Å². The summed E-state index contributed by atoms with van der Waals surface area (Å²) in [4.78, 5) is 0. The van der Waals surface area contributed by atoms with Crippen LogP contribution >= 0.6 is 0 Å². The van der Waals surface area contributed by atoms with Gasteiger partial charge in [-0.1, -0.05) is 13.0 Å². The summed E-state index contributed by atoms with van der Waals surface area (Å²) in [5.74, 6) is 1.09. The third-order valence-electron chi connectivity index (χ3n) is 2.72. The van der Waals surface area contributed by atoms with Crippen LogP contribution in [0.15, 0.2) is 35.5 Å². The Balaban J connectivity index is 2.27. The minimum Gasteiger partial charge on any atom is -0.469 e. The zero-order valence-electron chi connectivity index (χ0n) is 10.2. The highest BCUT2D eigenvalue weighted by Gasteiger charge is 2.07. The van der Waals surface area contributed by atoms with Crippen molar-refractivity contribution < 1.29 is 4.42 Å². The van der Waals surface area contributed by atoms with Crippen molar-refractivity contribution in [3.8, 4) is 0 Å². The van der Waals surface area contributed by atoms with Crippen molar-refractivity contribution in [1.29, 1.82) is 0 Å². The van der Waals surface area contributed by atoms with Crippen LogP contribution < -0.4 is 5.32 Å². The molecule has 1 heterocycles. The van der Waals surface area contributed by atoms with Gasteiger partial charge in [0.2, 0.25) is 0 Å². The third kappa shape index (κ3) is 5.17. The molecule has 1 unspecified atom stereocenters. The Morgan fingerprint density at radius 3 is 3.00 bits per heavy atom. The van der Waals surface area contributed by atoms with Gasteiger partial charge in [0, 0.05) is 12.5 Å². The lowest BCUT2D eigenvalue weighted by Crippen LogP contribution is -2.30. The first-order valence-corrected chi connectivity index (χ1v) is 6.23. The van der Waals surface area contributed by atoms with Gasteiger partial charge in [0.1, 0.15) is 5.76 Å². The van der Waals surface area contributed by atoms with Crippen molar-refractivity contribution in [1.82, 2.24) is 5.32 Å². The van der Waals surface area contributed by atoms with Gasteiger partial charge in [-0.05, 0) is 44.4 Å². The summed E-state index contributed by atoms with van der Waals surface area (Å²) in [5, 5.41) is 3.58. The Labute approximate surface area is 98.7 Å². The largest absolute Gasteiger partial charge is 0.469 e. The zero-order chi connectivity index (χ0) is 11.6. The highest BCUT2D eigenvalue weighted by Crippen LogP contribution is 2.09. The summed E-state index contributed by atoms with van der Waals surface area (Å²) in [6.07, 6.45) is 9.34. The van der Waals surface area contributed by atoms with Crippen molar-refractivity contribution in [2.24, 2.45) is 0 Å². The van der Waals surface area contributed by atoms with Crippen molar-refractivity contribution in [2.75, 3.05) is 6.54 Å². The first kappa shape index (κ1) is 13.0. The van der Waals surface area contributed by atoms with Gasteiger partial charge in [-0.25, -0.2) is 0 Å². The smallest absolute Gasteiger partial charge is 0.103 e. The van der Waals surface area contributed by atoms with Gasteiger partial charge in [0.05, 0.1) is 6.26 Å². The summed E-state index contributed by atoms with van der Waals surface area (Å²) < 4.78 is 5.34. The topological polar surface area (TPSA) is 25.2 Å². The standard InChI is InChI=1S/C14H23NO/c1-3-5-7-13(15-11-4-2)9-10-14-8-6-12-16-14/h3,6,8,12-13,15H,1,4-5,7,9-11H2,2H3. The van der Waals surface area contributed by atoms with Gasteiger partial charge in [-0.2, -0.15) is 0 Å². The molecular formula is C14H23NO. The third-order valence-corrected chi connectivity index (χ3v) is 2.72. The Kier molecular flexibility index (Phi) is 6.66. The van der Waals surface area contributed by atoms with E-state index in [0.717, 1.165) is 31.6 Å². The number of rotatable bonds is 9. The van der Waals surface area contributed by atoms with Crippen LogP contribution in [0.4, 0.5) is 0 Å². The van der Waals surface area contributed by atoms with Crippen LogP contribution in [0.3, 0.4) is 0 Å². The predicted octanol–water partition coefficient (Wildman–Crippen LogP) is 3.55. The number of furan rings is 1. The minimum atomic E-state index is 0.586. The Bertz CT molecular complexity index is 266.